The Labute approximate surface area is 115 Å². The van der Waals surface area contributed by atoms with Gasteiger partial charge in [0.05, 0.1) is 0 Å². The van der Waals surface area contributed by atoms with Gasteiger partial charge < -0.3 is 5.32 Å². The summed E-state index contributed by atoms with van der Waals surface area (Å²) in [4.78, 5) is 1.28. The summed E-state index contributed by atoms with van der Waals surface area (Å²) < 4.78 is 26.4. The Morgan fingerprint density at radius 3 is 2.84 bits per heavy atom. The summed E-state index contributed by atoms with van der Waals surface area (Å²) >= 11 is 1.80. The van der Waals surface area contributed by atoms with Gasteiger partial charge in [0.15, 0.2) is 0 Å². The molecule has 2 aromatic rings. The minimum Gasteiger partial charge on any atom is -0.305 e. The molecule has 0 aromatic heterocycles. The SMILES string of the molecule is Fc1ccc(CNC2CSc3ccccc32)c(F)c1. The first-order valence-corrected chi connectivity index (χ1v) is 7.11. The molecule has 0 bridgehead atoms. The zero-order valence-electron chi connectivity index (χ0n) is 10.2. The van der Waals surface area contributed by atoms with Crippen LogP contribution >= 0.6 is 11.8 Å². The monoisotopic (exact) mass is 277 g/mol. The highest BCUT2D eigenvalue weighted by Gasteiger charge is 2.22. The number of halogens is 2. The van der Waals surface area contributed by atoms with Crippen LogP contribution in [-0.2, 0) is 6.54 Å². The van der Waals surface area contributed by atoms with Crippen LogP contribution in [0, 0.1) is 11.6 Å². The Hall–Kier alpha value is -1.39. The van der Waals surface area contributed by atoms with Crippen LogP contribution < -0.4 is 5.32 Å². The number of benzene rings is 2. The number of hydrogen-bond acceptors (Lipinski definition) is 2. The van der Waals surface area contributed by atoms with Crippen molar-refractivity contribution in [3.63, 3.8) is 0 Å². The molecule has 0 aliphatic carbocycles. The second-order valence-electron chi connectivity index (χ2n) is 4.52. The Morgan fingerprint density at radius 1 is 1.16 bits per heavy atom. The lowest BCUT2D eigenvalue weighted by molar-refractivity contribution is 0.537. The zero-order chi connectivity index (χ0) is 13.2. The predicted octanol–water partition coefficient (Wildman–Crippen LogP) is 3.90. The van der Waals surface area contributed by atoms with Gasteiger partial charge in [0.25, 0.3) is 0 Å². The molecular weight excluding hydrogens is 264 g/mol. The van der Waals surface area contributed by atoms with E-state index in [-0.39, 0.29) is 6.04 Å². The molecule has 4 heteroatoms. The van der Waals surface area contributed by atoms with Crippen molar-refractivity contribution < 1.29 is 8.78 Å². The molecule has 1 heterocycles. The van der Waals surface area contributed by atoms with Crippen molar-refractivity contribution in [2.75, 3.05) is 5.75 Å². The first kappa shape index (κ1) is 12.6. The lowest BCUT2D eigenvalue weighted by atomic mass is 10.1. The fraction of sp³-hybridized carbons (Fsp3) is 0.200. The van der Waals surface area contributed by atoms with E-state index in [1.165, 1.54) is 22.6 Å². The van der Waals surface area contributed by atoms with Crippen molar-refractivity contribution in [3.05, 3.63) is 65.2 Å². The van der Waals surface area contributed by atoms with Gasteiger partial charge in [-0.3, -0.25) is 0 Å². The van der Waals surface area contributed by atoms with E-state index in [4.69, 9.17) is 0 Å². The fourth-order valence-corrected chi connectivity index (χ4v) is 3.43. The Balaban J connectivity index is 1.71. The van der Waals surface area contributed by atoms with Crippen LogP contribution in [0.3, 0.4) is 0 Å². The van der Waals surface area contributed by atoms with Gasteiger partial charge in [0.1, 0.15) is 11.6 Å². The Kier molecular flexibility index (Phi) is 3.53. The molecule has 0 amide bonds. The Morgan fingerprint density at radius 2 is 2.00 bits per heavy atom. The molecule has 0 radical (unpaired) electrons. The average Bonchev–Trinajstić information content (AvgIpc) is 2.81. The molecule has 1 N–H and O–H groups in total. The van der Waals surface area contributed by atoms with Gasteiger partial charge in [0, 0.05) is 34.9 Å². The number of hydrogen-bond donors (Lipinski definition) is 1. The summed E-state index contributed by atoms with van der Waals surface area (Å²) in [5.41, 5.74) is 1.76. The van der Waals surface area contributed by atoms with Crippen LogP contribution in [0.15, 0.2) is 47.4 Å². The maximum atomic E-state index is 13.5. The number of rotatable bonds is 3. The van der Waals surface area contributed by atoms with Crippen LogP contribution in [0.2, 0.25) is 0 Å². The van der Waals surface area contributed by atoms with E-state index in [2.05, 4.69) is 17.4 Å². The molecule has 98 valence electrons. The van der Waals surface area contributed by atoms with Crippen molar-refractivity contribution in [3.8, 4) is 0 Å². The minimum absolute atomic E-state index is 0.227. The normalized spacial score (nSPS) is 17.5. The fourth-order valence-electron chi connectivity index (χ4n) is 2.23. The zero-order valence-corrected chi connectivity index (χ0v) is 11.0. The van der Waals surface area contributed by atoms with E-state index < -0.39 is 11.6 Å². The molecule has 1 unspecified atom stereocenters. The number of thioether (sulfide) groups is 1. The summed E-state index contributed by atoms with van der Waals surface area (Å²) in [7, 11) is 0. The molecule has 0 saturated heterocycles. The highest BCUT2D eigenvalue weighted by atomic mass is 32.2. The molecule has 3 rings (SSSR count). The lowest BCUT2D eigenvalue weighted by Crippen LogP contribution is -2.21. The van der Waals surface area contributed by atoms with Gasteiger partial charge in [-0.25, -0.2) is 8.78 Å². The molecule has 2 aromatic carbocycles. The first-order valence-electron chi connectivity index (χ1n) is 6.13. The van der Waals surface area contributed by atoms with Gasteiger partial charge in [-0.2, -0.15) is 0 Å². The molecule has 1 nitrogen and oxygen atoms in total. The summed E-state index contributed by atoms with van der Waals surface area (Å²) in [5.74, 6) is -0.0863. The van der Waals surface area contributed by atoms with E-state index in [0.717, 1.165) is 11.8 Å². The largest absolute Gasteiger partial charge is 0.305 e. The van der Waals surface area contributed by atoms with E-state index >= 15 is 0 Å². The van der Waals surface area contributed by atoms with Gasteiger partial charge in [-0.15, -0.1) is 11.8 Å². The van der Waals surface area contributed by atoms with Gasteiger partial charge >= 0.3 is 0 Å². The molecule has 0 spiro atoms. The summed E-state index contributed by atoms with van der Waals surface area (Å²) in [5, 5.41) is 3.33. The molecule has 1 aliphatic heterocycles. The molecule has 0 fully saturated rings. The maximum absolute atomic E-state index is 13.5. The minimum atomic E-state index is -0.539. The van der Waals surface area contributed by atoms with Crippen LogP contribution in [0.5, 0.6) is 0 Å². The summed E-state index contributed by atoms with van der Waals surface area (Å²) in [6, 6.07) is 12.2. The summed E-state index contributed by atoms with van der Waals surface area (Å²) in [6.07, 6.45) is 0. The average molecular weight is 277 g/mol. The molecule has 1 aliphatic rings. The van der Waals surface area contributed by atoms with Gasteiger partial charge in [-0.1, -0.05) is 24.3 Å². The van der Waals surface area contributed by atoms with Crippen LogP contribution in [0.4, 0.5) is 8.78 Å². The van der Waals surface area contributed by atoms with Crippen LogP contribution in [-0.4, -0.2) is 5.75 Å². The van der Waals surface area contributed by atoms with Crippen molar-refractivity contribution in [2.45, 2.75) is 17.5 Å². The molecule has 0 saturated carbocycles. The van der Waals surface area contributed by atoms with Crippen molar-refractivity contribution >= 4 is 11.8 Å². The quantitative estimate of drug-likeness (QED) is 0.913. The van der Waals surface area contributed by atoms with E-state index in [1.807, 2.05) is 12.1 Å². The highest BCUT2D eigenvalue weighted by molar-refractivity contribution is 7.99. The molecular formula is C15H13F2NS. The van der Waals surface area contributed by atoms with Crippen LogP contribution in [0.1, 0.15) is 17.2 Å². The van der Waals surface area contributed by atoms with E-state index in [0.29, 0.717) is 12.1 Å². The van der Waals surface area contributed by atoms with Gasteiger partial charge in [0.2, 0.25) is 0 Å². The maximum Gasteiger partial charge on any atom is 0.130 e. The van der Waals surface area contributed by atoms with Crippen molar-refractivity contribution in [1.29, 1.82) is 0 Å². The third-order valence-corrected chi connectivity index (χ3v) is 4.44. The predicted molar refractivity (Wildman–Crippen MR) is 73.1 cm³/mol. The standard InChI is InChI=1S/C15H13F2NS/c16-11-6-5-10(13(17)7-11)8-18-14-9-19-15-4-2-1-3-12(14)15/h1-7,14,18H,8-9H2. The third-order valence-electron chi connectivity index (χ3n) is 3.25. The molecule has 19 heavy (non-hydrogen) atoms. The second kappa shape index (κ2) is 5.31. The van der Waals surface area contributed by atoms with E-state index in [1.54, 1.807) is 11.8 Å². The van der Waals surface area contributed by atoms with Crippen molar-refractivity contribution in [1.82, 2.24) is 5.32 Å². The van der Waals surface area contributed by atoms with Crippen molar-refractivity contribution in [2.24, 2.45) is 0 Å². The smallest absolute Gasteiger partial charge is 0.130 e. The number of nitrogens with one attached hydrogen (secondary N) is 1. The van der Waals surface area contributed by atoms with E-state index in [9.17, 15) is 8.78 Å². The van der Waals surface area contributed by atoms with Gasteiger partial charge in [-0.05, 0) is 17.7 Å². The summed E-state index contributed by atoms with van der Waals surface area (Å²) in [6.45, 7) is 0.408. The first-order chi connectivity index (χ1) is 9.24. The topological polar surface area (TPSA) is 12.0 Å². The highest BCUT2D eigenvalue weighted by Crippen LogP contribution is 2.37. The lowest BCUT2D eigenvalue weighted by Gasteiger charge is -2.13. The number of fused-ring (bicyclic) bond motifs is 1. The molecule has 1 atom stereocenters. The Bertz CT molecular complexity index is 600. The van der Waals surface area contributed by atoms with Crippen LogP contribution in [0.25, 0.3) is 0 Å². The third kappa shape index (κ3) is 2.65. The second-order valence-corrected chi connectivity index (χ2v) is 5.58.